The van der Waals surface area contributed by atoms with Gasteiger partial charge in [-0.15, -0.1) is 0 Å². The lowest BCUT2D eigenvalue weighted by Crippen LogP contribution is -2.09. The van der Waals surface area contributed by atoms with Crippen LogP contribution in [0.3, 0.4) is 0 Å². The summed E-state index contributed by atoms with van der Waals surface area (Å²) >= 11 is 0. The van der Waals surface area contributed by atoms with Gasteiger partial charge in [0, 0.05) is 12.8 Å². The van der Waals surface area contributed by atoms with Crippen LogP contribution in [-0.4, -0.2) is 11.9 Å². The highest BCUT2D eigenvalue weighted by molar-refractivity contribution is 5.74. The molecule has 0 bridgehead atoms. The van der Waals surface area contributed by atoms with Crippen LogP contribution in [0.15, 0.2) is 72.8 Å². The van der Waals surface area contributed by atoms with Crippen LogP contribution in [0.25, 0.3) is 22.3 Å². The fourth-order valence-electron chi connectivity index (χ4n) is 3.96. The van der Waals surface area contributed by atoms with Crippen molar-refractivity contribution in [1.29, 1.82) is 0 Å². The van der Waals surface area contributed by atoms with Crippen LogP contribution in [0.5, 0.6) is 11.5 Å². The van der Waals surface area contributed by atoms with Crippen LogP contribution < -0.4 is 9.47 Å². The maximum Gasteiger partial charge on any atom is 0.311 e. The molecule has 212 valence electrons. The molecule has 0 spiro atoms. The smallest absolute Gasteiger partial charge is 0.311 e. The Kier molecular flexibility index (Phi) is 9.44. The first kappa shape index (κ1) is 29.4. The van der Waals surface area contributed by atoms with Crippen LogP contribution >= 0.6 is 0 Å². The molecule has 41 heavy (non-hydrogen) atoms. The van der Waals surface area contributed by atoms with Gasteiger partial charge >= 0.3 is 11.9 Å². The zero-order valence-corrected chi connectivity index (χ0v) is 21.4. The molecule has 0 amide bonds. The molecule has 0 aliphatic heterocycles. The second kappa shape index (κ2) is 13.2. The third-order valence-electron chi connectivity index (χ3n) is 6.07. The SMILES string of the molecule is O=C(CCCCCC(=O)Oc1ccc(-c2cc(F)c(F)c(F)c2)cc1)Oc1ccc(-c2cc(F)c(F)c(F)c2)cc1. The lowest BCUT2D eigenvalue weighted by atomic mass is 10.1. The number of unbranched alkanes of at least 4 members (excludes halogenated alkanes) is 2. The van der Waals surface area contributed by atoms with Crippen molar-refractivity contribution in [1.82, 2.24) is 0 Å². The number of carbonyl (C=O) groups is 2. The highest BCUT2D eigenvalue weighted by atomic mass is 19.2. The molecule has 10 heteroatoms. The number of hydrogen-bond donors (Lipinski definition) is 0. The molecule has 0 heterocycles. The number of carbonyl (C=O) groups excluding carboxylic acids is 2. The summed E-state index contributed by atoms with van der Waals surface area (Å²) in [5.74, 6) is -8.87. The zero-order chi connectivity index (χ0) is 29.5. The molecule has 0 radical (unpaired) electrons. The number of benzene rings is 4. The Morgan fingerprint density at radius 1 is 0.463 bits per heavy atom. The van der Waals surface area contributed by atoms with Gasteiger partial charge in [-0.05, 0) is 83.6 Å². The quantitative estimate of drug-likeness (QED) is 0.0631. The third kappa shape index (κ3) is 7.75. The molecule has 0 saturated carbocycles. The van der Waals surface area contributed by atoms with Gasteiger partial charge in [0.25, 0.3) is 0 Å². The van der Waals surface area contributed by atoms with Crippen molar-refractivity contribution >= 4 is 11.9 Å². The largest absolute Gasteiger partial charge is 0.427 e. The number of rotatable bonds is 10. The molecule has 0 fully saturated rings. The second-order valence-electron chi connectivity index (χ2n) is 9.07. The lowest BCUT2D eigenvalue weighted by Gasteiger charge is -2.08. The minimum atomic E-state index is -1.55. The summed E-state index contributed by atoms with van der Waals surface area (Å²) in [6.45, 7) is 0. The number of esters is 2. The molecule has 0 aliphatic carbocycles. The standard InChI is InChI=1S/C31H22F6O4/c32-24-14-20(15-25(33)30(24)36)18-6-10-22(11-7-18)40-28(38)4-2-1-3-5-29(39)41-23-12-8-19(9-13-23)21-16-26(34)31(37)27(35)17-21/h6-17H,1-5H2. The Labute approximate surface area is 231 Å². The summed E-state index contributed by atoms with van der Waals surface area (Å²) in [5.41, 5.74) is 1.08. The van der Waals surface area contributed by atoms with Gasteiger partial charge in [0.15, 0.2) is 34.9 Å². The minimum Gasteiger partial charge on any atom is -0.427 e. The second-order valence-corrected chi connectivity index (χ2v) is 9.07. The average molecular weight is 573 g/mol. The predicted octanol–water partition coefficient (Wildman–Crippen LogP) is 8.32. The van der Waals surface area contributed by atoms with Gasteiger partial charge in [-0.1, -0.05) is 30.7 Å². The molecule has 0 aliphatic rings. The van der Waals surface area contributed by atoms with E-state index in [1.165, 1.54) is 48.5 Å². The van der Waals surface area contributed by atoms with Crippen molar-refractivity contribution in [3.05, 3.63) is 108 Å². The Bertz CT molecular complexity index is 1390. The molecule has 0 N–H and O–H groups in total. The van der Waals surface area contributed by atoms with Crippen LogP contribution in [0, 0.1) is 34.9 Å². The highest BCUT2D eigenvalue weighted by Gasteiger charge is 2.14. The summed E-state index contributed by atoms with van der Waals surface area (Å²) in [6.07, 6.45) is 1.65. The van der Waals surface area contributed by atoms with Crippen molar-refractivity contribution in [3.8, 4) is 33.8 Å². The van der Waals surface area contributed by atoms with E-state index >= 15 is 0 Å². The Hall–Kier alpha value is -4.60. The van der Waals surface area contributed by atoms with Gasteiger partial charge in [0.05, 0.1) is 0 Å². The third-order valence-corrected chi connectivity index (χ3v) is 6.07. The summed E-state index contributed by atoms with van der Waals surface area (Å²) in [5, 5.41) is 0. The number of hydrogen-bond acceptors (Lipinski definition) is 4. The van der Waals surface area contributed by atoms with Crippen molar-refractivity contribution in [2.75, 3.05) is 0 Å². The minimum absolute atomic E-state index is 0.0945. The summed E-state index contributed by atoms with van der Waals surface area (Å²) in [7, 11) is 0. The summed E-state index contributed by atoms with van der Waals surface area (Å²) in [6, 6.07) is 15.2. The van der Waals surface area contributed by atoms with E-state index < -0.39 is 46.8 Å². The maximum atomic E-state index is 13.5. The fourth-order valence-corrected chi connectivity index (χ4v) is 3.96. The topological polar surface area (TPSA) is 52.6 Å². The Morgan fingerprint density at radius 2 is 0.780 bits per heavy atom. The van der Waals surface area contributed by atoms with E-state index in [9.17, 15) is 35.9 Å². The Balaban J connectivity index is 1.16. The monoisotopic (exact) mass is 572 g/mol. The lowest BCUT2D eigenvalue weighted by molar-refractivity contribution is -0.134. The first-order valence-corrected chi connectivity index (χ1v) is 12.5. The average Bonchev–Trinajstić information content (AvgIpc) is 2.94. The van der Waals surface area contributed by atoms with E-state index in [4.69, 9.17) is 9.47 Å². The molecule has 0 aromatic heterocycles. The first-order valence-electron chi connectivity index (χ1n) is 12.5. The molecule has 0 unspecified atom stereocenters. The highest BCUT2D eigenvalue weighted by Crippen LogP contribution is 2.27. The van der Waals surface area contributed by atoms with Gasteiger partial charge in [0.1, 0.15) is 11.5 Å². The van der Waals surface area contributed by atoms with Crippen LogP contribution in [0.2, 0.25) is 0 Å². The molecule has 4 rings (SSSR count). The zero-order valence-electron chi connectivity index (χ0n) is 21.4. The van der Waals surface area contributed by atoms with Gasteiger partial charge in [-0.25, -0.2) is 26.3 Å². The van der Waals surface area contributed by atoms with E-state index in [1.807, 2.05) is 0 Å². The van der Waals surface area contributed by atoms with Gasteiger partial charge in [0.2, 0.25) is 0 Å². The van der Waals surface area contributed by atoms with E-state index in [1.54, 1.807) is 0 Å². The first-order chi connectivity index (χ1) is 19.6. The van der Waals surface area contributed by atoms with Crippen molar-refractivity contribution in [2.24, 2.45) is 0 Å². The van der Waals surface area contributed by atoms with E-state index in [0.29, 0.717) is 30.4 Å². The summed E-state index contributed by atoms with van der Waals surface area (Å²) in [4.78, 5) is 24.2. The normalized spacial score (nSPS) is 10.9. The van der Waals surface area contributed by atoms with Gasteiger partial charge in [-0.3, -0.25) is 9.59 Å². The number of ether oxygens (including phenoxy) is 2. The van der Waals surface area contributed by atoms with Crippen LogP contribution in [0.4, 0.5) is 26.3 Å². The van der Waals surface area contributed by atoms with Crippen molar-refractivity contribution in [3.63, 3.8) is 0 Å². The van der Waals surface area contributed by atoms with Crippen LogP contribution in [0.1, 0.15) is 32.1 Å². The van der Waals surface area contributed by atoms with Crippen molar-refractivity contribution in [2.45, 2.75) is 32.1 Å². The molecule has 0 atom stereocenters. The van der Waals surface area contributed by atoms with Gasteiger partial charge in [-0.2, -0.15) is 0 Å². The molecule has 4 aromatic carbocycles. The molecule has 0 saturated heterocycles. The molecular weight excluding hydrogens is 550 g/mol. The van der Waals surface area contributed by atoms with E-state index in [0.717, 1.165) is 24.3 Å². The fraction of sp³-hybridized carbons (Fsp3) is 0.161. The molecule has 4 nitrogen and oxygen atoms in total. The van der Waals surface area contributed by atoms with Crippen molar-refractivity contribution < 1.29 is 45.4 Å². The van der Waals surface area contributed by atoms with Gasteiger partial charge < -0.3 is 9.47 Å². The van der Waals surface area contributed by atoms with Crippen LogP contribution in [-0.2, 0) is 9.59 Å². The predicted molar refractivity (Wildman–Crippen MR) is 138 cm³/mol. The van der Waals surface area contributed by atoms with E-state index in [2.05, 4.69) is 0 Å². The summed E-state index contributed by atoms with van der Waals surface area (Å²) < 4.78 is 90.6. The maximum absolute atomic E-state index is 13.5. The molecule has 4 aromatic rings. The van der Waals surface area contributed by atoms with E-state index in [-0.39, 0.29) is 35.5 Å². The Morgan fingerprint density at radius 3 is 1.10 bits per heavy atom. The molecular formula is C31H22F6O4. The number of halogens is 6.